The lowest BCUT2D eigenvalue weighted by atomic mass is 9.77. The fraction of sp³-hybridized carbons (Fsp3) is 0.750. The Bertz CT molecular complexity index is 306. The van der Waals surface area contributed by atoms with E-state index in [1.807, 2.05) is 26.0 Å². The molecule has 0 saturated carbocycles. The number of hydrogen-bond acceptors (Lipinski definition) is 3. The molecule has 0 radical (unpaired) electrons. The highest BCUT2D eigenvalue weighted by atomic mass is 16.6. The van der Waals surface area contributed by atoms with Crippen molar-refractivity contribution in [2.24, 2.45) is 5.92 Å². The Morgan fingerprint density at radius 2 is 2.27 bits per heavy atom. The van der Waals surface area contributed by atoms with Crippen LogP contribution in [0.1, 0.15) is 39.5 Å². The zero-order valence-corrected chi connectivity index (χ0v) is 9.32. The molecule has 1 fully saturated rings. The maximum atomic E-state index is 11.7. The van der Waals surface area contributed by atoms with E-state index in [0.29, 0.717) is 6.42 Å². The summed E-state index contributed by atoms with van der Waals surface area (Å²) >= 11 is 0. The molecule has 0 amide bonds. The van der Waals surface area contributed by atoms with Gasteiger partial charge in [-0.25, -0.2) is 4.79 Å². The number of aliphatic hydroxyl groups is 1. The summed E-state index contributed by atoms with van der Waals surface area (Å²) < 4.78 is 5.19. The molecule has 2 rings (SSSR count). The third-order valence-electron chi connectivity index (χ3n) is 3.29. The largest absolute Gasteiger partial charge is 0.457 e. The predicted molar refractivity (Wildman–Crippen MR) is 56.2 cm³/mol. The van der Waals surface area contributed by atoms with Crippen molar-refractivity contribution in [3.05, 3.63) is 12.2 Å². The molecule has 0 aromatic carbocycles. The van der Waals surface area contributed by atoms with Gasteiger partial charge in [-0.15, -0.1) is 0 Å². The van der Waals surface area contributed by atoms with Crippen molar-refractivity contribution in [3.8, 4) is 0 Å². The molecule has 1 aliphatic heterocycles. The highest BCUT2D eigenvalue weighted by molar-refractivity contribution is 5.82. The average Bonchev–Trinajstić information content (AvgIpc) is 2.38. The zero-order chi connectivity index (χ0) is 11.1. The summed E-state index contributed by atoms with van der Waals surface area (Å²) in [4.78, 5) is 11.7. The van der Waals surface area contributed by atoms with Crippen molar-refractivity contribution >= 4 is 5.97 Å². The summed E-state index contributed by atoms with van der Waals surface area (Å²) in [7, 11) is 0. The quantitative estimate of drug-likeness (QED) is 0.530. The molecule has 2 unspecified atom stereocenters. The number of allylic oxidation sites excluding steroid dienone is 1. The lowest BCUT2D eigenvalue weighted by molar-refractivity contribution is -0.160. The molecule has 84 valence electrons. The Hall–Kier alpha value is -0.830. The second kappa shape index (κ2) is 3.34. The van der Waals surface area contributed by atoms with E-state index in [1.165, 1.54) is 0 Å². The zero-order valence-electron chi connectivity index (χ0n) is 9.32. The Balaban J connectivity index is 2.22. The van der Waals surface area contributed by atoms with E-state index in [1.54, 1.807) is 0 Å². The van der Waals surface area contributed by atoms with Crippen molar-refractivity contribution in [2.45, 2.75) is 50.7 Å². The average molecular weight is 210 g/mol. The summed E-state index contributed by atoms with van der Waals surface area (Å²) in [5, 5.41) is 10.4. The van der Waals surface area contributed by atoms with Gasteiger partial charge in [0.2, 0.25) is 0 Å². The smallest absolute Gasteiger partial charge is 0.339 e. The van der Waals surface area contributed by atoms with Gasteiger partial charge in [0, 0.05) is 12.3 Å². The summed E-state index contributed by atoms with van der Waals surface area (Å²) in [6.07, 6.45) is 7.37. The second-order valence-corrected chi connectivity index (χ2v) is 5.22. The van der Waals surface area contributed by atoms with Crippen LogP contribution in [0.5, 0.6) is 0 Å². The Morgan fingerprint density at radius 3 is 2.73 bits per heavy atom. The van der Waals surface area contributed by atoms with E-state index >= 15 is 0 Å². The van der Waals surface area contributed by atoms with Gasteiger partial charge in [-0.3, -0.25) is 0 Å². The molecule has 15 heavy (non-hydrogen) atoms. The van der Waals surface area contributed by atoms with Crippen LogP contribution >= 0.6 is 0 Å². The summed E-state index contributed by atoms with van der Waals surface area (Å²) in [6, 6.07) is 0. The van der Waals surface area contributed by atoms with Crippen LogP contribution in [-0.2, 0) is 9.53 Å². The fourth-order valence-electron chi connectivity index (χ4n) is 2.59. The minimum Gasteiger partial charge on any atom is -0.457 e. The van der Waals surface area contributed by atoms with Crippen LogP contribution in [-0.4, -0.2) is 22.3 Å². The number of rotatable bonds is 1. The number of carbonyl (C=O) groups is 1. The van der Waals surface area contributed by atoms with Gasteiger partial charge in [-0.05, 0) is 33.1 Å². The minimum atomic E-state index is -1.29. The van der Waals surface area contributed by atoms with Gasteiger partial charge in [0.15, 0.2) is 5.60 Å². The van der Waals surface area contributed by atoms with Crippen molar-refractivity contribution in [3.63, 3.8) is 0 Å². The van der Waals surface area contributed by atoms with E-state index in [0.717, 1.165) is 19.3 Å². The molecule has 0 aromatic rings. The first kappa shape index (κ1) is 10.7. The van der Waals surface area contributed by atoms with Crippen LogP contribution in [0, 0.1) is 5.92 Å². The molecule has 2 atom stereocenters. The molecular formula is C12H18O3. The highest BCUT2D eigenvalue weighted by Crippen LogP contribution is 2.41. The number of carbonyl (C=O) groups excluding carboxylic acids is 1. The van der Waals surface area contributed by atoms with E-state index in [2.05, 4.69) is 0 Å². The molecule has 0 bridgehead atoms. The van der Waals surface area contributed by atoms with Crippen LogP contribution in [0.15, 0.2) is 12.2 Å². The standard InChI is InChI=1S/C12H18O3/c1-11(2)8-12(14,10(13)15-11)9-6-4-3-5-7-9/h4,6,9,14H,3,5,7-8H2,1-2H3. The Morgan fingerprint density at radius 1 is 1.53 bits per heavy atom. The summed E-state index contributed by atoms with van der Waals surface area (Å²) in [5.41, 5.74) is -1.82. The predicted octanol–water partition coefficient (Wildman–Crippen LogP) is 1.80. The number of ether oxygens (including phenoxy) is 1. The van der Waals surface area contributed by atoms with Crippen LogP contribution in [0.3, 0.4) is 0 Å². The molecule has 3 heteroatoms. The molecule has 0 aromatic heterocycles. The first-order valence-corrected chi connectivity index (χ1v) is 5.56. The van der Waals surface area contributed by atoms with E-state index in [9.17, 15) is 9.90 Å². The van der Waals surface area contributed by atoms with Gasteiger partial charge in [-0.2, -0.15) is 0 Å². The van der Waals surface area contributed by atoms with Crippen LogP contribution < -0.4 is 0 Å². The van der Waals surface area contributed by atoms with Gasteiger partial charge < -0.3 is 9.84 Å². The van der Waals surface area contributed by atoms with Crippen LogP contribution in [0.2, 0.25) is 0 Å². The van der Waals surface area contributed by atoms with Crippen molar-refractivity contribution in [1.29, 1.82) is 0 Å². The van der Waals surface area contributed by atoms with E-state index in [-0.39, 0.29) is 5.92 Å². The Labute approximate surface area is 90.1 Å². The van der Waals surface area contributed by atoms with Crippen LogP contribution in [0.25, 0.3) is 0 Å². The monoisotopic (exact) mass is 210 g/mol. The first-order chi connectivity index (χ1) is 6.94. The maximum absolute atomic E-state index is 11.7. The normalized spacial score (nSPS) is 39.1. The van der Waals surface area contributed by atoms with Gasteiger partial charge in [0.1, 0.15) is 5.60 Å². The van der Waals surface area contributed by atoms with E-state index in [4.69, 9.17) is 4.74 Å². The molecule has 1 aliphatic carbocycles. The molecule has 3 nitrogen and oxygen atoms in total. The van der Waals surface area contributed by atoms with Crippen molar-refractivity contribution in [2.75, 3.05) is 0 Å². The third-order valence-corrected chi connectivity index (χ3v) is 3.29. The lowest BCUT2D eigenvalue weighted by Gasteiger charge is -2.29. The third kappa shape index (κ3) is 1.81. The number of esters is 1. The van der Waals surface area contributed by atoms with Crippen molar-refractivity contribution < 1.29 is 14.6 Å². The number of hydrogen-bond donors (Lipinski definition) is 1. The van der Waals surface area contributed by atoms with Gasteiger partial charge in [-0.1, -0.05) is 12.2 Å². The lowest BCUT2D eigenvalue weighted by Crippen LogP contribution is -2.42. The summed E-state index contributed by atoms with van der Waals surface area (Å²) in [5.74, 6) is -0.524. The van der Waals surface area contributed by atoms with Crippen LogP contribution in [0.4, 0.5) is 0 Å². The maximum Gasteiger partial charge on any atom is 0.339 e. The fourth-order valence-corrected chi connectivity index (χ4v) is 2.59. The number of cyclic esters (lactones) is 1. The van der Waals surface area contributed by atoms with Gasteiger partial charge in [0.25, 0.3) is 0 Å². The van der Waals surface area contributed by atoms with Gasteiger partial charge >= 0.3 is 5.97 Å². The Kier molecular flexibility index (Phi) is 2.38. The molecular weight excluding hydrogens is 192 g/mol. The highest BCUT2D eigenvalue weighted by Gasteiger charge is 2.55. The molecule has 0 spiro atoms. The first-order valence-electron chi connectivity index (χ1n) is 5.56. The molecule has 1 heterocycles. The summed E-state index contributed by atoms with van der Waals surface area (Å²) in [6.45, 7) is 3.69. The molecule has 1 saturated heterocycles. The SMILES string of the molecule is CC1(C)CC(O)(C2C=CCCC2)C(=O)O1. The van der Waals surface area contributed by atoms with Crippen molar-refractivity contribution in [1.82, 2.24) is 0 Å². The minimum absolute atomic E-state index is 0.0690. The molecule has 2 aliphatic rings. The topological polar surface area (TPSA) is 46.5 Å². The molecule has 1 N–H and O–H groups in total. The second-order valence-electron chi connectivity index (χ2n) is 5.22. The van der Waals surface area contributed by atoms with E-state index < -0.39 is 17.2 Å². The van der Waals surface area contributed by atoms with Gasteiger partial charge in [0.05, 0.1) is 0 Å².